The summed E-state index contributed by atoms with van der Waals surface area (Å²) in [4.78, 5) is 1.23. The lowest BCUT2D eigenvalue weighted by Crippen LogP contribution is -2.05. The molecule has 1 aromatic heterocycles. The van der Waals surface area contributed by atoms with Crippen LogP contribution in [-0.4, -0.2) is 20.2 Å². The number of anilines is 1. The van der Waals surface area contributed by atoms with E-state index in [1.807, 2.05) is 0 Å². The molecule has 90 valence electrons. The van der Waals surface area contributed by atoms with Gasteiger partial charge in [-0.3, -0.25) is 0 Å². The quantitative estimate of drug-likeness (QED) is 0.824. The van der Waals surface area contributed by atoms with E-state index in [9.17, 15) is 13.2 Å². The molecule has 0 unspecified atom stereocenters. The fraction of sp³-hybridized carbons (Fsp3) is 0.222. The molecule has 17 heavy (non-hydrogen) atoms. The SMILES string of the molecule is Cn1nnc(CNc2ccc(F)c(F)c2F)n1. The number of aryl methyl sites for hydroxylation is 1. The van der Waals surface area contributed by atoms with E-state index >= 15 is 0 Å². The number of hydrogen-bond donors (Lipinski definition) is 1. The third kappa shape index (κ3) is 2.35. The van der Waals surface area contributed by atoms with Gasteiger partial charge in [-0.15, -0.1) is 10.2 Å². The number of nitrogens with zero attached hydrogens (tertiary/aromatic N) is 4. The maximum absolute atomic E-state index is 13.2. The van der Waals surface area contributed by atoms with Crippen LogP contribution in [0, 0.1) is 17.5 Å². The largest absolute Gasteiger partial charge is 0.375 e. The molecule has 0 aliphatic heterocycles. The van der Waals surface area contributed by atoms with Gasteiger partial charge in [0.15, 0.2) is 23.3 Å². The summed E-state index contributed by atoms with van der Waals surface area (Å²) in [6.45, 7) is 0.0653. The van der Waals surface area contributed by atoms with E-state index in [2.05, 4.69) is 20.7 Å². The van der Waals surface area contributed by atoms with Crippen molar-refractivity contribution in [3.8, 4) is 0 Å². The Morgan fingerprint density at radius 2 is 2.00 bits per heavy atom. The lowest BCUT2D eigenvalue weighted by atomic mass is 10.3. The van der Waals surface area contributed by atoms with Crippen molar-refractivity contribution >= 4 is 5.69 Å². The second kappa shape index (κ2) is 4.40. The minimum absolute atomic E-state index is 0.0653. The normalized spacial score (nSPS) is 10.6. The smallest absolute Gasteiger partial charge is 0.196 e. The Labute approximate surface area is 94.2 Å². The van der Waals surface area contributed by atoms with Gasteiger partial charge in [-0.25, -0.2) is 13.2 Å². The molecule has 0 radical (unpaired) electrons. The highest BCUT2D eigenvalue weighted by Crippen LogP contribution is 2.19. The third-order valence-electron chi connectivity index (χ3n) is 2.02. The lowest BCUT2D eigenvalue weighted by Gasteiger charge is -2.05. The predicted molar refractivity (Wildman–Crippen MR) is 52.4 cm³/mol. The third-order valence-corrected chi connectivity index (χ3v) is 2.02. The van der Waals surface area contributed by atoms with Gasteiger partial charge in [0.05, 0.1) is 19.3 Å². The molecule has 0 fully saturated rings. The van der Waals surface area contributed by atoms with E-state index in [-0.39, 0.29) is 12.2 Å². The van der Waals surface area contributed by atoms with Gasteiger partial charge in [-0.1, -0.05) is 0 Å². The highest BCUT2D eigenvalue weighted by atomic mass is 19.2. The van der Waals surface area contributed by atoms with Crippen LogP contribution in [-0.2, 0) is 13.6 Å². The van der Waals surface area contributed by atoms with Crippen LogP contribution in [0.5, 0.6) is 0 Å². The van der Waals surface area contributed by atoms with E-state index in [0.717, 1.165) is 12.1 Å². The molecule has 0 aliphatic rings. The molecule has 0 bridgehead atoms. The minimum atomic E-state index is -1.51. The number of nitrogens with one attached hydrogen (secondary N) is 1. The molecule has 0 aliphatic carbocycles. The minimum Gasteiger partial charge on any atom is -0.375 e. The second-order valence-electron chi connectivity index (χ2n) is 3.27. The van der Waals surface area contributed by atoms with Crippen molar-refractivity contribution in [3.63, 3.8) is 0 Å². The first-order valence-corrected chi connectivity index (χ1v) is 4.68. The standard InChI is InChI=1S/C9H8F3N5/c1-17-15-7(14-16-17)4-13-6-3-2-5(10)8(11)9(6)12/h2-3,13H,4H2,1H3. The fourth-order valence-electron chi connectivity index (χ4n) is 1.23. The zero-order valence-electron chi connectivity index (χ0n) is 8.78. The van der Waals surface area contributed by atoms with Crippen LogP contribution in [0.3, 0.4) is 0 Å². The molecule has 0 saturated carbocycles. The van der Waals surface area contributed by atoms with Gasteiger partial charge >= 0.3 is 0 Å². The van der Waals surface area contributed by atoms with Crippen LogP contribution < -0.4 is 5.32 Å². The summed E-state index contributed by atoms with van der Waals surface area (Å²) < 4.78 is 38.8. The number of hydrogen-bond acceptors (Lipinski definition) is 4. The average Bonchev–Trinajstić information content (AvgIpc) is 2.71. The van der Waals surface area contributed by atoms with Crippen molar-refractivity contribution in [3.05, 3.63) is 35.4 Å². The van der Waals surface area contributed by atoms with Crippen molar-refractivity contribution in [2.24, 2.45) is 7.05 Å². The fourth-order valence-corrected chi connectivity index (χ4v) is 1.23. The molecule has 8 heteroatoms. The predicted octanol–water partition coefficient (Wildman–Crippen LogP) is 1.24. The van der Waals surface area contributed by atoms with Crippen LogP contribution in [0.4, 0.5) is 18.9 Å². The van der Waals surface area contributed by atoms with E-state index in [0.29, 0.717) is 5.82 Å². The molecule has 0 spiro atoms. The highest BCUT2D eigenvalue weighted by molar-refractivity contribution is 5.45. The molecule has 1 heterocycles. The summed E-state index contributed by atoms with van der Waals surface area (Å²) in [5, 5.41) is 13.6. The van der Waals surface area contributed by atoms with Gasteiger partial charge in [-0.2, -0.15) is 4.80 Å². The van der Waals surface area contributed by atoms with Gasteiger partial charge in [-0.05, 0) is 17.3 Å². The van der Waals surface area contributed by atoms with E-state index in [1.54, 1.807) is 7.05 Å². The zero-order valence-corrected chi connectivity index (χ0v) is 8.78. The molecular weight excluding hydrogens is 235 g/mol. The molecule has 0 atom stereocenters. The van der Waals surface area contributed by atoms with Crippen LogP contribution >= 0.6 is 0 Å². The van der Waals surface area contributed by atoms with Crippen LogP contribution in [0.15, 0.2) is 12.1 Å². The van der Waals surface area contributed by atoms with Gasteiger partial charge < -0.3 is 5.32 Å². The van der Waals surface area contributed by atoms with Crippen molar-refractivity contribution in [2.45, 2.75) is 6.54 Å². The Morgan fingerprint density at radius 1 is 1.24 bits per heavy atom. The van der Waals surface area contributed by atoms with Gasteiger partial charge in [0.2, 0.25) is 0 Å². The summed E-state index contributed by atoms with van der Waals surface area (Å²) in [5.41, 5.74) is -0.156. The summed E-state index contributed by atoms with van der Waals surface area (Å²) in [6, 6.07) is 1.94. The molecule has 2 rings (SSSR count). The topological polar surface area (TPSA) is 55.6 Å². The molecule has 1 aromatic carbocycles. The summed E-state index contributed by atoms with van der Waals surface area (Å²) in [6.07, 6.45) is 0. The van der Waals surface area contributed by atoms with Crippen molar-refractivity contribution in [1.29, 1.82) is 0 Å². The van der Waals surface area contributed by atoms with Crippen LogP contribution in [0.2, 0.25) is 0 Å². The Kier molecular flexibility index (Phi) is 2.94. The van der Waals surface area contributed by atoms with Crippen molar-refractivity contribution in [2.75, 3.05) is 5.32 Å². The maximum Gasteiger partial charge on any atom is 0.196 e. The first-order chi connectivity index (χ1) is 8.08. The van der Waals surface area contributed by atoms with Crippen molar-refractivity contribution in [1.82, 2.24) is 20.2 Å². The Morgan fingerprint density at radius 3 is 2.65 bits per heavy atom. The number of benzene rings is 1. The summed E-state index contributed by atoms with van der Waals surface area (Å²) in [5.74, 6) is -3.70. The number of halogens is 3. The van der Waals surface area contributed by atoms with Gasteiger partial charge in [0.1, 0.15) is 0 Å². The lowest BCUT2D eigenvalue weighted by molar-refractivity contribution is 0.449. The monoisotopic (exact) mass is 243 g/mol. The summed E-state index contributed by atoms with van der Waals surface area (Å²) in [7, 11) is 1.58. The first kappa shape index (κ1) is 11.4. The van der Waals surface area contributed by atoms with E-state index in [1.165, 1.54) is 4.80 Å². The van der Waals surface area contributed by atoms with Crippen molar-refractivity contribution < 1.29 is 13.2 Å². The number of tetrazole rings is 1. The molecule has 2 aromatic rings. The molecular formula is C9H8F3N5. The zero-order chi connectivity index (χ0) is 12.4. The number of aromatic nitrogens is 4. The summed E-state index contributed by atoms with van der Waals surface area (Å²) >= 11 is 0. The van der Waals surface area contributed by atoms with E-state index in [4.69, 9.17) is 0 Å². The van der Waals surface area contributed by atoms with Crippen LogP contribution in [0.1, 0.15) is 5.82 Å². The second-order valence-corrected chi connectivity index (χ2v) is 3.27. The van der Waals surface area contributed by atoms with Gasteiger partial charge in [0, 0.05) is 0 Å². The van der Waals surface area contributed by atoms with Crippen LogP contribution in [0.25, 0.3) is 0 Å². The average molecular weight is 243 g/mol. The molecule has 5 nitrogen and oxygen atoms in total. The molecule has 0 saturated heterocycles. The van der Waals surface area contributed by atoms with Gasteiger partial charge in [0.25, 0.3) is 0 Å². The Hall–Kier alpha value is -2.12. The molecule has 1 N–H and O–H groups in total. The first-order valence-electron chi connectivity index (χ1n) is 4.68. The maximum atomic E-state index is 13.2. The Balaban J connectivity index is 2.12. The molecule has 0 amide bonds. The Bertz CT molecular complexity index is 539. The van der Waals surface area contributed by atoms with E-state index < -0.39 is 17.5 Å². The highest BCUT2D eigenvalue weighted by Gasteiger charge is 2.13. The number of rotatable bonds is 3.